The van der Waals surface area contributed by atoms with Gasteiger partial charge in [-0.25, -0.2) is 0 Å². The molecule has 6 heteroatoms. The largest absolute Gasteiger partial charge is 0.371 e. The molecule has 102 valence electrons. The highest BCUT2D eigenvalue weighted by molar-refractivity contribution is 8.14. The third kappa shape index (κ3) is 3.70. The molecule has 1 heterocycles. The summed E-state index contributed by atoms with van der Waals surface area (Å²) in [5.74, 6) is 0. The maximum absolute atomic E-state index is 11.1. The van der Waals surface area contributed by atoms with Crippen LogP contribution in [0.25, 0.3) is 0 Å². The van der Waals surface area contributed by atoms with E-state index in [9.17, 15) is 14.9 Å². The first-order valence-corrected chi connectivity index (χ1v) is 7.11. The lowest BCUT2D eigenvalue weighted by Crippen LogP contribution is -2.35. The summed E-state index contributed by atoms with van der Waals surface area (Å²) in [7, 11) is 0. The summed E-state index contributed by atoms with van der Waals surface area (Å²) in [5, 5.41) is 11.2. The second kappa shape index (κ2) is 6.06. The Kier molecular flexibility index (Phi) is 4.42. The fourth-order valence-electron chi connectivity index (χ4n) is 2.25. The van der Waals surface area contributed by atoms with Crippen LogP contribution < -0.4 is 4.90 Å². The van der Waals surface area contributed by atoms with Gasteiger partial charge in [-0.3, -0.25) is 14.9 Å². The van der Waals surface area contributed by atoms with E-state index in [1.54, 1.807) is 19.1 Å². The predicted molar refractivity (Wildman–Crippen MR) is 76.6 cm³/mol. The van der Waals surface area contributed by atoms with Crippen LogP contribution in [0.4, 0.5) is 11.4 Å². The zero-order valence-electron chi connectivity index (χ0n) is 10.7. The highest BCUT2D eigenvalue weighted by Crippen LogP contribution is 2.28. The molecule has 1 aromatic rings. The Morgan fingerprint density at radius 2 is 1.89 bits per heavy atom. The molecule has 0 amide bonds. The molecule has 0 aromatic heterocycles. The standard InChI is InChI=1S/C13H16N2O3S/c1-10(16)19-13-6-8-14(9-7-13)11-2-4-12(5-3-11)15(17)18/h2-5,13H,6-9H2,1H3. The molecule has 0 bridgehead atoms. The number of anilines is 1. The number of rotatable bonds is 3. The Morgan fingerprint density at radius 1 is 1.32 bits per heavy atom. The van der Waals surface area contributed by atoms with Crippen LogP contribution in [0, 0.1) is 10.1 Å². The van der Waals surface area contributed by atoms with E-state index in [0.717, 1.165) is 31.6 Å². The molecule has 1 saturated heterocycles. The molecule has 0 saturated carbocycles. The van der Waals surface area contributed by atoms with Crippen LogP contribution in [0.3, 0.4) is 0 Å². The number of nitro benzene ring substituents is 1. The minimum atomic E-state index is -0.389. The van der Waals surface area contributed by atoms with Gasteiger partial charge in [0.25, 0.3) is 5.69 Å². The molecule has 0 aliphatic carbocycles. The number of carbonyl (C=O) groups excluding carboxylic acids is 1. The van der Waals surface area contributed by atoms with Crippen LogP contribution in [0.15, 0.2) is 24.3 Å². The van der Waals surface area contributed by atoms with E-state index in [1.807, 2.05) is 0 Å². The minimum absolute atomic E-state index is 0.116. The lowest BCUT2D eigenvalue weighted by atomic mass is 10.1. The molecule has 5 nitrogen and oxygen atoms in total. The highest BCUT2D eigenvalue weighted by atomic mass is 32.2. The normalized spacial score (nSPS) is 16.4. The van der Waals surface area contributed by atoms with Gasteiger partial charge in [0.15, 0.2) is 5.12 Å². The number of benzene rings is 1. The zero-order valence-corrected chi connectivity index (χ0v) is 11.6. The van der Waals surface area contributed by atoms with Gasteiger partial charge in [0.1, 0.15) is 0 Å². The van der Waals surface area contributed by atoms with E-state index < -0.39 is 0 Å². The average molecular weight is 280 g/mol. The van der Waals surface area contributed by atoms with E-state index in [1.165, 1.54) is 23.9 Å². The van der Waals surface area contributed by atoms with Crippen molar-refractivity contribution in [2.75, 3.05) is 18.0 Å². The van der Waals surface area contributed by atoms with Gasteiger partial charge in [-0.1, -0.05) is 11.8 Å². The lowest BCUT2D eigenvalue weighted by molar-refractivity contribution is -0.384. The first-order chi connectivity index (χ1) is 9.06. The van der Waals surface area contributed by atoms with Crippen LogP contribution in [0.1, 0.15) is 19.8 Å². The third-order valence-corrected chi connectivity index (χ3v) is 4.34. The molecule has 1 aliphatic heterocycles. The topological polar surface area (TPSA) is 63.5 Å². The summed E-state index contributed by atoms with van der Waals surface area (Å²) >= 11 is 1.42. The number of hydrogen-bond acceptors (Lipinski definition) is 5. The van der Waals surface area contributed by atoms with Gasteiger partial charge in [0, 0.05) is 43.1 Å². The van der Waals surface area contributed by atoms with Crippen LogP contribution in [0.2, 0.25) is 0 Å². The van der Waals surface area contributed by atoms with Crippen molar-refractivity contribution in [3.05, 3.63) is 34.4 Å². The molecule has 0 spiro atoms. The monoisotopic (exact) mass is 280 g/mol. The van der Waals surface area contributed by atoms with Gasteiger partial charge in [-0.05, 0) is 25.0 Å². The van der Waals surface area contributed by atoms with Crippen LogP contribution in [0.5, 0.6) is 0 Å². The highest BCUT2D eigenvalue weighted by Gasteiger charge is 2.21. The van der Waals surface area contributed by atoms with E-state index in [0.29, 0.717) is 5.25 Å². The summed E-state index contributed by atoms with van der Waals surface area (Å²) < 4.78 is 0. The Balaban J connectivity index is 1.94. The molecule has 0 N–H and O–H groups in total. The number of carbonyl (C=O) groups is 1. The Hall–Kier alpha value is -1.56. The van der Waals surface area contributed by atoms with E-state index in [2.05, 4.69) is 4.90 Å². The number of nitrogens with zero attached hydrogens (tertiary/aromatic N) is 2. The average Bonchev–Trinajstić information content (AvgIpc) is 2.39. The van der Waals surface area contributed by atoms with Crippen LogP contribution >= 0.6 is 11.8 Å². The van der Waals surface area contributed by atoms with Crippen molar-refractivity contribution in [1.82, 2.24) is 0 Å². The number of piperidine rings is 1. The Bertz CT molecular complexity index is 467. The molecule has 2 rings (SSSR count). The lowest BCUT2D eigenvalue weighted by Gasteiger charge is -2.32. The number of thioether (sulfide) groups is 1. The third-order valence-electron chi connectivity index (χ3n) is 3.20. The zero-order chi connectivity index (χ0) is 13.8. The molecular weight excluding hydrogens is 264 g/mol. The summed E-state index contributed by atoms with van der Waals surface area (Å²) in [6, 6.07) is 6.64. The Morgan fingerprint density at radius 3 is 2.37 bits per heavy atom. The predicted octanol–water partition coefficient (Wildman–Crippen LogP) is 2.84. The van der Waals surface area contributed by atoms with Crippen molar-refractivity contribution in [3.8, 4) is 0 Å². The maximum atomic E-state index is 11.1. The van der Waals surface area contributed by atoms with Crippen molar-refractivity contribution >= 4 is 28.3 Å². The fourth-order valence-corrected chi connectivity index (χ4v) is 3.17. The molecular formula is C13H16N2O3S. The van der Waals surface area contributed by atoms with Gasteiger partial charge in [0.2, 0.25) is 0 Å². The maximum Gasteiger partial charge on any atom is 0.269 e. The summed E-state index contributed by atoms with van der Waals surface area (Å²) in [4.78, 5) is 23.5. The van der Waals surface area contributed by atoms with Crippen molar-refractivity contribution in [2.45, 2.75) is 25.0 Å². The molecule has 1 aromatic carbocycles. The van der Waals surface area contributed by atoms with Crippen LogP contribution in [-0.2, 0) is 4.79 Å². The number of nitro groups is 1. The van der Waals surface area contributed by atoms with Gasteiger partial charge in [-0.2, -0.15) is 0 Å². The van der Waals surface area contributed by atoms with Crippen molar-refractivity contribution < 1.29 is 9.72 Å². The number of non-ortho nitro benzene ring substituents is 1. The van der Waals surface area contributed by atoms with Crippen molar-refractivity contribution in [3.63, 3.8) is 0 Å². The van der Waals surface area contributed by atoms with Gasteiger partial charge in [-0.15, -0.1) is 0 Å². The van der Waals surface area contributed by atoms with E-state index in [4.69, 9.17) is 0 Å². The molecule has 19 heavy (non-hydrogen) atoms. The summed E-state index contributed by atoms with van der Waals surface area (Å²) in [5.41, 5.74) is 1.13. The van der Waals surface area contributed by atoms with Gasteiger partial charge >= 0.3 is 0 Å². The second-order valence-electron chi connectivity index (χ2n) is 4.57. The van der Waals surface area contributed by atoms with Crippen LogP contribution in [-0.4, -0.2) is 28.4 Å². The number of hydrogen-bond donors (Lipinski definition) is 0. The van der Waals surface area contributed by atoms with Gasteiger partial charge < -0.3 is 4.90 Å². The Labute approximate surface area is 116 Å². The minimum Gasteiger partial charge on any atom is -0.371 e. The summed E-state index contributed by atoms with van der Waals surface area (Å²) in [6.45, 7) is 3.39. The summed E-state index contributed by atoms with van der Waals surface area (Å²) in [6.07, 6.45) is 1.95. The van der Waals surface area contributed by atoms with Crippen molar-refractivity contribution in [2.24, 2.45) is 0 Å². The molecule has 1 aliphatic rings. The first-order valence-electron chi connectivity index (χ1n) is 6.23. The molecule has 1 fully saturated rings. The van der Waals surface area contributed by atoms with Crippen molar-refractivity contribution in [1.29, 1.82) is 0 Å². The second-order valence-corrected chi connectivity index (χ2v) is 6.05. The molecule has 0 radical (unpaired) electrons. The quantitative estimate of drug-likeness (QED) is 0.629. The SMILES string of the molecule is CC(=O)SC1CCN(c2ccc([N+](=O)[O-])cc2)CC1. The fraction of sp³-hybridized carbons (Fsp3) is 0.462. The smallest absolute Gasteiger partial charge is 0.269 e. The molecule has 0 atom stereocenters. The molecule has 0 unspecified atom stereocenters. The van der Waals surface area contributed by atoms with E-state index in [-0.39, 0.29) is 15.7 Å². The first kappa shape index (κ1) is 13.9. The van der Waals surface area contributed by atoms with E-state index >= 15 is 0 Å². The van der Waals surface area contributed by atoms with Gasteiger partial charge in [0.05, 0.1) is 4.92 Å².